The van der Waals surface area contributed by atoms with Crippen LogP contribution in [0.2, 0.25) is 0 Å². The molecule has 0 aliphatic heterocycles. The topological polar surface area (TPSA) is 43.1 Å². The van der Waals surface area contributed by atoms with Crippen LogP contribution in [0.5, 0.6) is 0 Å². The van der Waals surface area contributed by atoms with Gasteiger partial charge in [-0.05, 0) is 43.0 Å². The van der Waals surface area contributed by atoms with E-state index in [1.807, 2.05) is 20.8 Å². The SMILES string of the molecule is CCC(N)(CC)C(=O)Cc1cc(F)ccc1C. The van der Waals surface area contributed by atoms with Gasteiger partial charge in [0.1, 0.15) is 5.82 Å². The molecule has 1 rings (SSSR count). The highest BCUT2D eigenvalue weighted by Gasteiger charge is 2.29. The highest BCUT2D eigenvalue weighted by Crippen LogP contribution is 2.18. The molecule has 0 bridgehead atoms. The molecule has 0 aliphatic rings. The number of aryl methyl sites for hydroxylation is 1. The lowest BCUT2D eigenvalue weighted by molar-refractivity contribution is -0.123. The molecule has 1 aromatic rings. The molecular formula is C14H20FNO. The van der Waals surface area contributed by atoms with Crippen LogP contribution in [0.4, 0.5) is 4.39 Å². The largest absolute Gasteiger partial charge is 0.319 e. The Balaban J connectivity index is 2.91. The minimum Gasteiger partial charge on any atom is -0.319 e. The summed E-state index contributed by atoms with van der Waals surface area (Å²) in [4.78, 5) is 12.1. The van der Waals surface area contributed by atoms with E-state index in [0.29, 0.717) is 12.8 Å². The zero-order valence-electron chi connectivity index (χ0n) is 10.7. The molecule has 2 N–H and O–H groups in total. The third-order valence-corrected chi connectivity index (χ3v) is 3.48. The summed E-state index contributed by atoms with van der Waals surface area (Å²) in [6, 6.07) is 4.51. The fourth-order valence-corrected chi connectivity index (χ4v) is 1.82. The molecule has 0 atom stereocenters. The van der Waals surface area contributed by atoms with Crippen molar-refractivity contribution in [2.75, 3.05) is 0 Å². The van der Waals surface area contributed by atoms with Crippen molar-refractivity contribution in [3.8, 4) is 0 Å². The number of nitrogens with two attached hydrogens (primary N) is 1. The minimum absolute atomic E-state index is 0.0174. The van der Waals surface area contributed by atoms with Crippen LogP contribution in [-0.2, 0) is 11.2 Å². The maximum atomic E-state index is 13.1. The Hall–Kier alpha value is -1.22. The number of ketones is 1. The van der Waals surface area contributed by atoms with Crippen molar-refractivity contribution in [1.82, 2.24) is 0 Å². The van der Waals surface area contributed by atoms with Gasteiger partial charge in [0.25, 0.3) is 0 Å². The summed E-state index contributed by atoms with van der Waals surface area (Å²) in [5.41, 5.74) is 6.91. The first-order valence-electron chi connectivity index (χ1n) is 6.00. The van der Waals surface area contributed by atoms with E-state index in [-0.39, 0.29) is 18.0 Å². The van der Waals surface area contributed by atoms with Gasteiger partial charge in [0.2, 0.25) is 0 Å². The standard InChI is InChI=1S/C14H20FNO/c1-4-14(16,5-2)13(17)9-11-8-12(15)7-6-10(11)3/h6-8H,4-5,9,16H2,1-3H3. The van der Waals surface area contributed by atoms with Gasteiger partial charge in [0.15, 0.2) is 5.78 Å². The predicted octanol–water partition coefficient (Wildman–Crippen LogP) is 2.76. The number of carbonyl (C=O) groups excluding carboxylic acids is 1. The van der Waals surface area contributed by atoms with E-state index < -0.39 is 5.54 Å². The number of carbonyl (C=O) groups is 1. The summed E-state index contributed by atoms with van der Waals surface area (Å²) in [5, 5.41) is 0. The van der Waals surface area contributed by atoms with E-state index >= 15 is 0 Å². The van der Waals surface area contributed by atoms with Crippen molar-refractivity contribution in [3.05, 3.63) is 35.1 Å². The number of hydrogen-bond acceptors (Lipinski definition) is 2. The molecule has 0 radical (unpaired) electrons. The molecule has 0 saturated carbocycles. The number of Topliss-reactive ketones (excluding diaryl/α,β-unsaturated/α-hetero) is 1. The fraction of sp³-hybridized carbons (Fsp3) is 0.500. The van der Waals surface area contributed by atoms with Gasteiger partial charge in [-0.15, -0.1) is 0 Å². The van der Waals surface area contributed by atoms with Gasteiger partial charge in [-0.1, -0.05) is 19.9 Å². The number of hydrogen-bond donors (Lipinski definition) is 1. The maximum Gasteiger partial charge on any atom is 0.156 e. The highest BCUT2D eigenvalue weighted by molar-refractivity contribution is 5.90. The van der Waals surface area contributed by atoms with Gasteiger partial charge < -0.3 is 5.73 Å². The minimum atomic E-state index is -0.779. The molecule has 1 aromatic carbocycles. The summed E-state index contributed by atoms with van der Waals surface area (Å²) >= 11 is 0. The molecule has 94 valence electrons. The van der Waals surface area contributed by atoms with Crippen LogP contribution in [0.3, 0.4) is 0 Å². The smallest absolute Gasteiger partial charge is 0.156 e. The summed E-state index contributed by atoms with van der Waals surface area (Å²) in [6.07, 6.45) is 1.43. The predicted molar refractivity (Wildman–Crippen MR) is 67.3 cm³/mol. The Morgan fingerprint density at radius 3 is 2.47 bits per heavy atom. The van der Waals surface area contributed by atoms with Crippen molar-refractivity contribution < 1.29 is 9.18 Å². The summed E-state index contributed by atoms with van der Waals surface area (Å²) in [7, 11) is 0. The average molecular weight is 237 g/mol. The zero-order valence-corrected chi connectivity index (χ0v) is 10.7. The molecule has 0 spiro atoms. The molecular weight excluding hydrogens is 217 g/mol. The normalized spacial score (nSPS) is 11.6. The van der Waals surface area contributed by atoms with Crippen LogP contribution in [0.1, 0.15) is 37.8 Å². The van der Waals surface area contributed by atoms with Gasteiger partial charge in [0.05, 0.1) is 5.54 Å². The van der Waals surface area contributed by atoms with Crippen molar-refractivity contribution in [2.24, 2.45) is 5.73 Å². The van der Waals surface area contributed by atoms with E-state index in [9.17, 15) is 9.18 Å². The quantitative estimate of drug-likeness (QED) is 0.855. The Bertz CT molecular complexity index is 411. The second-order valence-corrected chi connectivity index (χ2v) is 4.53. The number of halogens is 1. The number of benzene rings is 1. The number of rotatable bonds is 5. The maximum absolute atomic E-state index is 13.1. The van der Waals surface area contributed by atoms with Crippen LogP contribution in [0.25, 0.3) is 0 Å². The molecule has 0 saturated heterocycles. The summed E-state index contributed by atoms with van der Waals surface area (Å²) in [5.74, 6) is -0.329. The van der Waals surface area contributed by atoms with Crippen LogP contribution >= 0.6 is 0 Å². The lowest BCUT2D eigenvalue weighted by atomic mass is 9.85. The van der Waals surface area contributed by atoms with E-state index in [2.05, 4.69) is 0 Å². The molecule has 0 amide bonds. The van der Waals surface area contributed by atoms with Gasteiger partial charge in [-0.2, -0.15) is 0 Å². The Kier molecular flexibility index (Phi) is 4.40. The van der Waals surface area contributed by atoms with E-state index in [1.165, 1.54) is 12.1 Å². The van der Waals surface area contributed by atoms with Crippen molar-refractivity contribution in [2.45, 2.75) is 45.6 Å². The van der Waals surface area contributed by atoms with Crippen LogP contribution in [0, 0.1) is 12.7 Å². The first-order chi connectivity index (χ1) is 7.92. The van der Waals surface area contributed by atoms with Crippen molar-refractivity contribution >= 4 is 5.78 Å². The molecule has 0 fully saturated rings. The third kappa shape index (κ3) is 3.13. The van der Waals surface area contributed by atoms with Crippen molar-refractivity contribution in [1.29, 1.82) is 0 Å². The second-order valence-electron chi connectivity index (χ2n) is 4.53. The molecule has 0 heterocycles. The first kappa shape index (κ1) is 13.8. The first-order valence-corrected chi connectivity index (χ1v) is 6.00. The van der Waals surface area contributed by atoms with E-state index in [4.69, 9.17) is 5.73 Å². The third-order valence-electron chi connectivity index (χ3n) is 3.48. The molecule has 3 heteroatoms. The Labute approximate surface area is 102 Å². The molecule has 17 heavy (non-hydrogen) atoms. The zero-order chi connectivity index (χ0) is 13.1. The molecule has 0 unspecified atom stereocenters. The Morgan fingerprint density at radius 2 is 1.94 bits per heavy atom. The molecule has 2 nitrogen and oxygen atoms in total. The summed E-state index contributed by atoms with van der Waals surface area (Å²) < 4.78 is 13.1. The van der Waals surface area contributed by atoms with Crippen LogP contribution in [-0.4, -0.2) is 11.3 Å². The monoisotopic (exact) mass is 237 g/mol. The average Bonchev–Trinajstić information content (AvgIpc) is 2.32. The molecule has 0 aliphatic carbocycles. The van der Waals surface area contributed by atoms with E-state index in [0.717, 1.165) is 11.1 Å². The van der Waals surface area contributed by atoms with Gasteiger partial charge in [0, 0.05) is 6.42 Å². The van der Waals surface area contributed by atoms with E-state index in [1.54, 1.807) is 6.07 Å². The fourth-order valence-electron chi connectivity index (χ4n) is 1.82. The lowest BCUT2D eigenvalue weighted by Gasteiger charge is -2.25. The molecule has 0 aromatic heterocycles. The second kappa shape index (κ2) is 5.41. The van der Waals surface area contributed by atoms with Gasteiger partial charge >= 0.3 is 0 Å². The van der Waals surface area contributed by atoms with Gasteiger partial charge in [-0.3, -0.25) is 4.79 Å². The summed E-state index contributed by atoms with van der Waals surface area (Å²) in [6.45, 7) is 5.68. The lowest BCUT2D eigenvalue weighted by Crippen LogP contribution is -2.47. The van der Waals surface area contributed by atoms with Crippen LogP contribution < -0.4 is 5.73 Å². The van der Waals surface area contributed by atoms with Crippen molar-refractivity contribution in [3.63, 3.8) is 0 Å². The van der Waals surface area contributed by atoms with Crippen LogP contribution in [0.15, 0.2) is 18.2 Å². The Morgan fingerprint density at radius 1 is 1.35 bits per heavy atom. The van der Waals surface area contributed by atoms with Gasteiger partial charge in [-0.25, -0.2) is 4.39 Å². The highest BCUT2D eigenvalue weighted by atomic mass is 19.1.